The molecule has 1 aromatic rings. The molecule has 1 aromatic carbocycles. The van der Waals surface area contributed by atoms with E-state index < -0.39 is 10.0 Å². The molecule has 1 heterocycles. The Morgan fingerprint density at radius 1 is 1.33 bits per heavy atom. The normalized spacial score (nSPS) is 18.3. The zero-order valence-corrected chi connectivity index (χ0v) is 15.7. The van der Waals surface area contributed by atoms with Crippen molar-refractivity contribution in [3.05, 3.63) is 29.8 Å². The van der Waals surface area contributed by atoms with Gasteiger partial charge >= 0.3 is 0 Å². The highest BCUT2D eigenvalue weighted by Crippen LogP contribution is 2.15. The third-order valence-electron chi connectivity index (χ3n) is 3.84. The van der Waals surface area contributed by atoms with Gasteiger partial charge in [-0.2, -0.15) is 0 Å². The van der Waals surface area contributed by atoms with E-state index in [9.17, 15) is 13.2 Å². The minimum absolute atomic E-state index is 0. The van der Waals surface area contributed by atoms with Gasteiger partial charge in [0.2, 0.25) is 10.0 Å². The van der Waals surface area contributed by atoms with Crippen molar-refractivity contribution in [1.29, 1.82) is 0 Å². The molecular formula is C16H26ClN3O3S. The Hall–Kier alpha value is -1.15. The molecule has 1 aliphatic rings. The number of carbonyl (C=O) groups excluding carboxylic acids is 1. The molecule has 0 aromatic heterocycles. The third kappa shape index (κ3) is 5.44. The number of hydrogen-bond acceptors (Lipinski definition) is 4. The van der Waals surface area contributed by atoms with Crippen LogP contribution in [0.2, 0.25) is 0 Å². The van der Waals surface area contributed by atoms with E-state index >= 15 is 0 Å². The van der Waals surface area contributed by atoms with Gasteiger partial charge in [0, 0.05) is 31.2 Å². The lowest BCUT2D eigenvalue weighted by Gasteiger charge is -2.30. The van der Waals surface area contributed by atoms with Crippen molar-refractivity contribution < 1.29 is 13.2 Å². The van der Waals surface area contributed by atoms with Crippen molar-refractivity contribution in [3.8, 4) is 0 Å². The molecule has 1 unspecified atom stereocenters. The first-order valence-electron chi connectivity index (χ1n) is 7.94. The Bertz CT molecular complexity index is 647. The zero-order chi connectivity index (χ0) is 17.0. The lowest BCUT2D eigenvalue weighted by molar-refractivity contribution is 0.0708. The minimum Gasteiger partial charge on any atom is -0.337 e. The molecule has 1 amide bonds. The smallest absolute Gasteiger partial charge is 0.253 e. The number of nitrogens with one attached hydrogen (secondary N) is 1. The van der Waals surface area contributed by atoms with Crippen LogP contribution in [0, 0.1) is 5.92 Å². The summed E-state index contributed by atoms with van der Waals surface area (Å²) < 4.78 is 26.8. The molecule has 1 atom stereocenters. The average molecular weight is 376 g/mol. The van der Waals surface area contributed by atoms with E-state index in [-0.39, 0.29) is 35.2 Å². The second-order valence-corrected chi connectivity index (χ2v) is 8.19. The maximum Gasteiger partial charge on any atom is 0.253 e. The van der Waals surface area contributed by atoms with E-state index in [0.717, 1.165) is 12.8 Å². The highest BCUT2D eigenvalue weighted by atomic mass is 35.5. The van der Waals surface area contributed by atoms with Gasteiger partial charge in [0.25, 0.3) is 5.91 Å². The first-order chi connectivity index (χ1) is 10.8. The van der Waals surface area contributed by atoms with Crippen LogP contribution in [-0.4, -0.2) is 44.9 Å². The summed E-state index contributed by atoms with van der Waals surface area (Å²) in [7, 11) is -3.53. The predicted molar refractivity (Wildman–Crippen MR) is 96.8 cm³/mol. The number of likely N-dealkylation sites (tertiary alicyclic amines) is 1. The number of sulfonamides is 1. The quantitative estimate of drug-likeness (QED) is 0.817. The molecule has 0 aliphatic carbocycles. The molecule has 2 rings (SSSR count). The molecule has 0 bridgehead atoms. The van der Waals surface area contributed by atoms with Gasteiger partial charge < -0.3 is 10.6 Å². The van der Waals surface area contributed by atoms with E-state index in [0.29, 0.717) is 25.2 Å². The summed E-state index contributed by atoms with van der Waals surface area (Å²) in [4.78, 5) is 14.3. The van der Waals surface area contributed by atoms with E-state index in [4.69, 9.17) is 5.73 Å². The number of halogens is 1. The number of nitrogens with two attached hydrogens (primary N) is 1. The summed E-state index contributed by atoms with van der Waals surface area (Å²) in [5, 5.41) is 0. The second-order valence-electron chi connectivity index (χ2n) is 6.42. The lowest BCUT2D eigenvalue weighted by Crippen LogP contribution is -2.45. The molecule has 8 heteroatoms. The molecule has 0 saturated carbocycles. The van der Waals surface area contributed by atoms with Crippen LogP contribution in [0.1, 0.15) is 37.0 Å². The fourth-order valence-corrected chi connectivity index (χ4v) is 3.73. The van der Waals surface area contributed by atoms with Crippen molar-refractivity contribution in [2.45, 2.75) is 37.6 Å². The summed E-state index contributed by atoms with van der Waals surface area (Å²) in [6.07, 6.45) is 1.83. The molecule has 0 spiro atoms. The highest BCUT2D eigenvalue weighted by Gasteiger charge is 2.23. The Balaban J connectivity index is 0.00000288. The van der Waals surface area contributed by atoms with Crippen LogP contribution in [-0.2, 0) is 10.0 Å². The molecule has 24 heavy (non-hydrogen) atoms. The Labute approximate surface area is 150 Å². The summed E-state index contributed by atoms with van der Waals surface area (Å²) >= 11 is 0. The summed E-state index contributed by atoms with van der Waals surface area (Å²) in [6.45, 7) is 5.51. The van der Waals surface area contributed by atoms with Crippen LogP contribution in [0.15, 0.2) is 29.2 Å². The maximum absolute atomic E-state index is 12.4. The first-order valence-corrected chi connectivity index (χ1v) is 9.42. The topological polar surface area (TPSA) is 92.5 Å². The minimum atomic E-state index is -3.53. The van der Waals surface area contributed by atoms with Crippen LogP contribution in [0.3, 0.4) is 0 Å². The fraction of sp³-hybridized carbons (Fsp3) is 0.562. The van der Waals surface area contributed by atoms with Crippen LogP contribution >= 0.6 is 12.4 Å². The molecule has 1 aliphatic heterocycles. The van der Waals surface area contributed by atoms with Gasteiger partial charge in [0.05, 0.1) is 4.90 Å². The van der Waals surface area contributed by atoms with E-state index in [1.165, 1.54) is 12.1 Å². The Morgan fingerprint density at radius 3 is 2.50 bits per heavy atom. The van der Waals surface area contributed by atoms with Gasteiger partial charge in [-0.25, -0.2) is 13.1 Å². The maximum atomic E-state index is 12.4. The van der Waals surface area contributed by atoms with Crippen LogP contribution in [0.25, 0.3) is 0 Å². The Kier molecular flexibility index (Phi) is 7.66. The van der Waals surface area contributed by atoms with E-state index in [1.807, 2.05) is 13.8 Å². The molecule has 6 nitrogen and oxygen atoms in total. The van der Waals surface area contributed by atoms with E-state index in [1.54, 1.807) is 17.0 Å². The van der Waals surface area contributed by atoms with Gasteiger partial charge in [-0.3, -0.25) is 4.79 Å². The summed E-state index contributed by atoms with van der Waals surface area (Å²) in [5.74, 6) is 0.133. The van der Waals surface area contributed by atoms with Crippen molar-refractivity contribution in [2.75, 3.05) is 19.6 Å². The number of amides is 1. The van der Waals surface area contributed by atoms with Gasteiger partial charge in [-0.1, -0.05) is 13.8 Å². The largest absolute Gasteiger partial charge is 0.337 e. The number of piperidine rings is 1. The zero-order valence-electron chi connectivity index (χ0n) is 14.1. The van der Waals surface area contributed by atoms with E-state index in [2.05, 4.69) is 4.72 Å². The van der Waals surface area contributed by atoms with Gasteiger partial charge in [-0.15, -0.1) is 12.4 Å². The van der Waals surface area contributed by atoms with Gasteiger partial charge in [0.1, 0.15) is 0 Å². The van der Waals surface area contributed by atoms with Crippen molar-refractivity contribution >= 4 is 28.3 Å². The summed E-state index contributed by atoms with van der Waals surface area (Å²) in [6, 6.07) is 6.09. The molecule has 136 valence electrons. The third-order valence-corrected chi connectivity index (χ3v) is 5.28. The highest BCUT2D eigenvalue weighted by molar-refractivity contribution is 7.89. The van der Waals surface area contributed by atoms with Crippen LogP contribution < -0.4 is 10.5 Å². The number of hydrogen-bond donors (Lipinski definition) is 2. The monoisotopic (exact) mass is 375 g/mol. The van der Waals surface area contributed by atoms with Crippen molar-refractivity contribution in [3.63, 3.8) is 0 Å². The average Bonchev–Trinajstić information content (AvgIpc) is 2.52. The molecule has 1 fully saturated rings. The number of rotatable bonds is 5. The number of benzene rings is 1. The predicted octanol–water partition coefficient (Wildman–Crippen LogP) is 1.61. The standard InChI is InChI=1S/C16H25N3O3S.ClH/c1-12(2)10-18-23(21,22)15-7-5-13(6-8-15)16(20)19-9-3-4-14(17)11-19;/h5-8,12,14,18H,3-4,9-11,17H2,1-2H3;1H. The molecule has 0 radical (unpaired) electrons. The summed E-state index contributed by atoms with van der Waals surface area (Å²) in [5.41, 5.74) is 6.39. The molecule has 3 N–H and O–H groups in total. The SMILES string of the molecule is CC(C)CNS(=O)(=O)c1ccc(C(=O)N2CCCC(N)C2)cc1.Cl. The first kappa shape index (κ1) is 20.9. The lowest BCUT2D eigenvalue weighted by atomic mass is 10.1. The van der Waals surface area contributed by atoms with Crippen molar-refractivity contribution in [1.82, 2.24) is 9.62 Å². The number of carbonyl (C=O) groups is 1. The fourth-order valence-electron chi connectivity index (χ4n) is 2.51. The number of nitrogens with zero attached hydrogens (tertiary/aromatic N) is 1. The molecular weight excluding hydrogens is 350 g/mol. The van der Waals surface area contributed by atoms with Gasteiger partial charge in [0.15, 0.2) is 0 Å². The van der Waals surface area contributed by atoms with Gasteiger partial charge in [-0.05, 0) is 43.0 Å². The van der Waals surface area contributed by atoms with Crippen LogP contribution in [0.4, 0.5) is 0 Å². The second kappa shape index (κ2) is 8.80. The van der Waals surface area contributed by atoms with Crippen LogP contribution in [0.5, 0.6) is 0 Å². The molecule has 1 saturated heterocycles. The Morgan fingerprint density at radius 2 is 1.96 bits per heavy atom. The van der Waals surface area contributed by atoms with Crippen molar-refractivity contribution in [2.24, 2.45) is 11.7 Å².